The van der Waals surface area contributed by atoms with Gasteiger partial charge in [0.2, 0.25) is 0 Å². The molecule has 0 aliphatic carbocycles. The van der Waals surface area contributed by atoms with Crippen molar-refractivity contribution in [3.8, 4) is 0 Å². The highest BCUT2D eigenvalue weighted by Gasteiger charge is 2.24. The first kappa shape index (κ1) is 48.4. The predicted octanol–water partition coefficient (Wildman–Crippen LogP) is 4.09. The third kappa shape index (κ3) is 13.6. The molecule has 4 aromatic carbocycles. The van der Waals surface area contributed by atoms with E-state index >= 15 is 0 Å². The molecule has 0 aromatic heterocycles. The van der Waals surface area contributed by atoms with Crippen LogP contribution in [0.2, 0.25) is 0 Å². The van der Waals surface area contributed by atoms with Crippen LogP contribution in [0.5, 0.6) is 0 Å². The molecular weight excluding hydrogens is 941 g/mol. The zero-order valence-electron chi connectivity index (χ0n) is 30.5. The smallest absolute Gasteiger partial charge is 0.395 e. The monoisotopic (exact) mass is 970 g/mol. The summed E-state index contributed by atoms with van der Waals surface area (Å²) in [4.78, 5) is -2.32. The zero-order chi connectivity index (χ0) is 45.8. The number of hydrogen-bond donors (Lipinski definition) is 6. The summed E-state index contributed by atoms with van der Waals surface area (Å²) in [5.74, 6) is -1.66. The summed E-state index contributed by atoms with van der Waals surface area (Å²) in [6, 6.07) is 11.4. The lowest BCUT2D eigenvalue weighted by molar-refractivity contribution is 0.282. The molecule has 0 aliphatic rings. The highest BCUT2D eigenvalue weighted by Crippen LogP contribution is 2.46. The Morgan fingerprint density at radius 1 is 0.492 bits per heavy atom. The lowest BCUT2D eigenvalue weighted by atomic mass is 10.1. The van der Waals surface area contributed by atoms with E-state index in [0.717, 1.165) is 37.3 Å². The van der Waals surface area contributed by atoms with Gasteiger partial charge in [-0.05, 0) is 79.2 Å². The SMILES string of the molecule is Cc1cc(S(=O)(=O)O)c(N=Nc2cc(N=Nc3ccc(S(=O)(=O)CCOS(=O)(=O)O)cc3)c(N)c(N=Nc3ccc(S(=O)(=O)CCOS(=O)(=O)O)cc3)c2N)cc1S(=O)(=O)O. The Labute approximate surface area is 347 Å². The van der Waals surface area contributed by atoms with Crippen molar-refractivity contribution in [3.05, 3.63) is 72.3 Å². The Bertz CT molecular complexity index is 3130. The Balaban J connectivity index is 1.78. The zero-order valence-corrected chi connectivity index (χ0v) is 35.4. The van der Waals surface area contributed by atoms with Crippen LogP contribution >= 0.6 is 0 Å². The van der Waals surface area contributed by atoms with Crippen LogP contribution in [0.1, 0.15) is 5.56 Å². The Hall–Kier alpha value is -5.26. The minimum Gasteiger partial charge on any atom is -0.395 e. The maximum absolute atomic E-state index is 12.6. The number of nitrogen functional groups attached to an aromatic ring is 2. The number of nitrogens with two attached hydrogens (primary N) is 2. The van der Waals surface area contributed by atoms with Gasteiger partial charge in [-0.25, -0.2) is 25.2 Å². The molecule has 0 unspecified atom stereocenters. The number of anilines is 2. The average molecular weight is 971 g/mol. The van der Waals surface area contributed by atoms with E-state index in [2.05, 4.69) is 39.1 Å². The minimum absolute atomic E-state index is 0.00509. The van der Waals surface area contributed by atoms with Gasteiger partial charge < -0.3 is 11.5 Å². The Morgan fingerprint density at radius 2 is 0.869 bits per heavy atom. The third-order valence-corrected chi connectivity index (χ3v) is 13.7. The van der Waals surface area contributed by atoms with Gasteiger partial charge >= 0.3 is 20.8 Å². The average Bonchev–Trinajstić information content (AvgIpc) is 3.12. The summed E-state index contributed by atoms with van der Waals surface area (Å²) in [6.45, 7) is -0.649. The molecule has 0 saturated heterocycles. The fourth-order valence-corrected chi connectivity index (χ4v) is 9.05. The molecule has 0 amide bonds. The summed E-state index contributed by atoms with van der Waals surface area (Å²) >= 11 is 0. The molecule has 0 spiro atoms. The number of aryl methyl sites for hydroxylation is 1. The van der Waals surface area contributed by atoms with E-state index in [9.17, 15) is 59.6 Å². The molecule has 0 atom stereocenters. The lowest BCUT2D eigenvalue weighted by Gasteiger charge is -2.10. The van der Waals surface area contributed by atoms with Crippen LogP contribution in [0, 0.1) is 6.92 Å². The maximum atomic E-state index is 12.6. The second kappa shape index (κ2) is 18.4. The first-order chi connectivity index (χ1) is 28.0. The minimum atomic E-state index is -5.09. The Morgan fingerprint density at radius 3 is 1.26 bits per heavy atom. The number of azo groups is 3. The molecule has 0 radical (unpaired) electrons. The lowest BCUT2D eigenvalue weighted by Crippen LogP contribution is -2.15. The number of nitrogens with zero attached hydrogens (tertiary/aromatic N) is 6. The molecule has 32 heteroatoms. The van der Waals surface area contributed by atoms with Gasteiger partial charge in [0.25, 0.3) is 20.2 Å². The molecule has 330 valence electrons. The largest absolute Gasteiger partial charge is 0.397 e. The third-order valence-electron chi connectivity index (χ3n) is 7.51. The maximum Gasteiger partial charge on any atom is 0.397 e. The van der Waals surface area contributed by atoms with Crippen LogP contribution < -0.4 is 11.5 Å². The quantitative estimate of drug-likeness (QED) is 0.0464. The molecular formula is C29H30N8O18S6. The van der Waals surface area contributed by atoms with E-state index in [1.807, 2.05) is 0 Å². The van der Waals surface area contributed by atoms with Gasteiger partial charge in [-0.3, -0.25) is 18.2 Å². The topological polar surface area (TPSA) is 430 Å². The number of hydrogen-bond acceptors (Lipinski definition) is 22. The summed E-state index contributed by atoms with van der Waals surface area (Å²) in [6.07, 6.45) is 0. The van der Waals surface area contributed by atoms with Crippen molar-refractivity contribution < 1.29 is 77.1 Å². The molecule has 0 heterocycles. The van der Waals surface area contributed by atoms with E-state index in [1.54, 1.807) is 0 Å². The van der Waals surface area contributed by atoms with Crippen molar-refractivity contribution in [1.82, 2.24) is 0 Å². The molecule has 4 rings (SSSR count). The molecule has 8 N–H and O–H groups in total. The van der Waals surface area contributed by atoms with Crippen molar-refractivity contribution in [2.75, 3.05) is 36.2 Å². The number of sulfone groups is 2. The Kier molecular flexibility index (Phi) is 14.6. The van der Waals surface area contributed by atoms with Crippen LogP contribution in [0.4, 0.5) is 45.5 Å². The van der Waals surface area contributed by atoms with E-state index in [-0.39, 0.29) is 38.1 Å². The molecule has 0 aliphatic heterocycles. The number of rotatable bonds is 18. The van der Waals surface area contributed by atoms with Gasteiger partial charge in [0.05, 0.1) is 62.2 Å². The van der Waals surface area contributed by atoms with Crippen LogP contribution in [-0.2, 0) is 69.1 Å². The van der Waals surface area contributed by atoms with Crippen molar-refractivity contribution in [1.29, 1.82) is 0 Å². The van der Waals surface area contributed by atoms with E-state index in [0.29, 0.717) is 12.1 Å². The van der Waals surface area contributed by atoms with Crippen LogP contribution in [-0.4, -0.2) is 93.4 Å². The van der Waals surface area contributed by atoms with Crippen molar-refractivity contribution in [3.63, 3.8) is 0 Å². The fourth-order valence-electron chi connectivity index (χ4n) is 4.66. The van der Waals surface area contributed by atoms with Gasteiger partial charge in [-0.15, -0.1) is 20.5 Å². The van der Waals surface area contributed by atoms with Crippen molar-refractivity contribution in [2.24, 2.45) is 30.7 Å². The van der Waals surface area contributed by atoms with Crippen LogP contribution in [0.15, 0.2) is 117 Å². The van der Waals surface area contributed by atoms with Crippen molar-refractivity contribution >= 4 is 106 Å². The molecule has 26 nitrogen and oxygen atoms in total. The first-order valence-corrected chi connectivity index (χ1v) is 24.8. The molecule has 0 fully saturated rings. The standard InChI is InChI=1S/C29H30N8O18S6/c1-17-14-26(59(45,46)47)22(16-25(17)58(42,43)44)34-36-24-15-23(35-32-18-2-6-20(7-3-18)56(38,39)12-10-54-60(48,49)50)27(30)29(28(24)31)37-33-19-4-8-21(9-5-19)57(40,41)13-11-55-61(51,52)53/h2-9,14-16H,10-13,30-31H2,1H3,(H,42,43,44)(H,45,46,47)(H,48,49,50)(H,51,52,53). The van der Waals surface area contributed by atoms with E-state index in [4.69, 9.17) is 20.6 Å². The fraction of sp³-hybridized carbons (Fsp3) is 0.172. The van der Waals surface area contributed by atoms with Gasteiger partial charge in [0.1, 0.15) is 27.6 Å². The highest BCUT2D eigenvalue weighted by atomic mass is 32.3. The van der Waals surface area contributed by atoms with Gasteiger partial charge in [0.15, 0.2) is 19.7 Å². The summed E-state index contributed by atoms with van der Waals surface area (Å²) in [7, 11) is -28.0. The summed E-state index contributed by atoms with van der Waals surface area (Å²) < 4.78 is 186. The first-order valence-electron chi connectivity index (χ1n) is 15.9. The second-order valence-electron chi connectivity index (χ2n) is 11.9. The molecule has 0 bridgehead atoms. The van der Waals surface area contributed by atoms with E-state index in [1.165, 1.54) is 24.3 Å². The van der Waals surface area contributed by atoms with Crippen LogP contribution in [0.3, 0.4) is 0 Å². The van der Waals surface area contributed by atoms with Gasteiger partial charge in [-0.2, -0.15) is 43.9 Å². The van der Waals surface area contributed by atoms with Gasteiger partial charge in [0, 0.05) is 0 Å². The summed E-state index contributed by atoms with van der Waals surface area (Å²) in [5, 5.41) is 23.5. The second-order valence-corrected chi connectivity index (χ2v) is 21.0. The normalized spacial score (nSPS) is 13.5. The summed E-state index contributed by atoms with van der Waals surface area (Å²) in [5.41, 5.74) is 9.63. The molecule has 61 heavy (non-hydrogen) atoms. The van der Waals surface area contributed by atoms with E-state index < -0.39 is 118 Å². The predicted molar refractivity (Wildman–Crippen MR) is 211 cm³/mol. The molecule has 4 aromatic rings. The van der Waals surface area contributed by atoms with Crippen LogP contribution in [0.25, 0.3) is 0 Å². The van der Waals surface area contributed by atoms with Gasteiger partial charge in [-0.1, -0.05) is 0 Å². The molecule has 0 saturated carbocycles. The highest BCUT2D eigenvalue weighted by molar-refractivity contribution is 7.91. The van der Waals surface area contributed by atoms with Crippen molar-refractivity contribution in [2.45, 2.75) is 26.5 Å². The number of benzene rings is 4.